The summed E-state index contributed by atoms with van der Waals surface area (Å²) < 4.78 is 27.2. The number of aromatic nitrogens is 1. The maximum Gasteiger partial charge on any atom is 0.243 e. The summed E-state index contributed by atoms with van der Waals surface area (Å²) in [5.74, 6) is 0. The second kappa shape index (κ2) is 9.34. The quantitative estimate of drug-likeness (QED) is 0.428. The average molecular weight is 439 g/mol. The zero-order valence-corrected chi connectivity index (χ0v) is 17.9. The SMILES string of the molecule is O=S(=O)(c1cccc(-c2csc(NN=CC=Cc3ccccc3)n2)c1)N1CCCC1. The molecule has 0 bridgehead atoms. The van der Waals surface area contributed by atoms with Crippen molar-refractivity contribution in [3.05, 3.63) is 71.6 Å². The molecule has 0 radical (unpaired) electrons. The highest BCUT2D eigenvalue weighted by Gasteiger charge is 2.27. The Kier molecular flexibility index (Phi) is 6.37. The van der Waals surface area contributed by atoms with E-state index < -0.39 is 10.0 Å². The van der Waals surface area contributed by atoms with E-state index in [1.54, 1.807) is 28.7 Å². The molecule has 0 amide bonds. The van der Waals surface area contributed by atoms with E-state index >= 15 is 0 Å². The van der Waals surface area contributed by atoms with Gasteiger partial charge in [0.25, 0.3) is 0 Å². The van der Waals surface area contributed by atoms with E-state index in [9.17, 15) is 8.42 Å². The molecule has 1 aliphatic rings. The van der Waals surface area contributed by atoms with Crippen molar-refractivity contribution in [2.45, 2.75) is 17.7 Å². The molecule has 1 aliphatic heterocycles. The van der Waals surface area contributed by atoms with Gasteiger partial charge in [-0.1, -0.05) is 48.5 Å². The molecule has 1 N–H and O–H groups in total. The molecule has 30 heavy (non-hydrogen) atoms. The summed E-state index contributed by atoms with van der Waals surface area (Å²) in [5, 5.41) is 6.69. The third kappa shape index (κ3) is 4.84. The van der Waals surface area contributed by atoms with Gasteiger partial charge in [-0.2, -0.15) is 9.41 Å². The van der Waals surface area contributed by atoms with E-state index in [2.05, 4.69) is 15.5 Å². The van der Waals surface area contributed by atoms with Crippen molar-refractivity contribution in [2.24, 2.45) is 5.10 Å². The number of hydrogen-bond donors (Lipinski definition) is 1. The van der Waals surface area contributed by atoms with Crippen LogP contribution in [0.3, 0.4) is 0 Å². The van der Waals surface area contributed by atoms with Gasteiger partial charge in [0.1, 0.15) is 0 Å². The second-order valence-electron chi connectivity index (χ2n) is 6.84. The van der Waals surface area contributed by atoms with Gasteiger partial charge in [0.2, 0.25) is 15.2 Å². The van der Waals surface area contributed by atoms with Crippen LogP contribution in [0.25, 0.3) is 17.3 Å². The molecule has 2 aromatic carbocycles. The molecule has 0 atom stereocenters. The van der Waals surface area contributed by atoms with Crippen molar-refractivity contribution >= 4 is 38.8 Å². The summed E-state index contributed by atoms with van der Waals surface area (Å²) in [6.07, 6.45) is 7.31. The molecule has 2 heterocycles. The summed E-state index contributed by atoms with van der Waals surface area (Å²) in [4.78, 5) is 4.83. The lowest BCUT2D eigenvalue weighted by Crippen LogP contribution is -2.27. The van der Waals surface area contributed by atoms with E-state index in [1.807, 2.05) is 53.9 Å². The van der Waals surface area contributed by atoms with Crippen LogP contribution < -0.4 is 5.43 Å². The van der Waals surface area contributed by atoms with Crippen LogP contribution >= 0.6 is 11.3 Å². The molecule has 1 fully saturated rings. The Morgan fingerprint density at radius 3 is 2.67 bits per heavy atom. The number of benzene rings is 2. The van der Waals surface area contributed by atoms with Crippen LogP contribution in [0.2, 0.25) is 0 Å². The van der Waals surface area contributed by atoms with Gasteiger partial charge in [-0.05, 0) is 36.6 Å². The number of hydrazone groups is 1. The fraction of sp³-hybridized carbons (Fsp3) is 0.182. The van der Waals surface area contributed by atoms with Gasteiger partial charge in [0.15, 0.2) is 0 Å². The minimum Gasteiger partial charge on any atom is -0.253 e. The van der Waals surface area contributed by atoms with Gasteiger partial charge in [0.05, 0.1) is 10.6 Å². The van der Waals surface area contributed by atoms with Crippen molar-refractivity contribution in [1.82, 2.24) is 9.29 Å². The number of anilines is 1. The molecular formula is C22H22N4O2S2. The summed E-state index contributed by atoms with van der Waals surface area (Å²) in [6, 6.07) is 16.9. The lowest BCUT2D eigenvalue weighted by molar-refractivity contribution is 0.477. The molecule has 1 aromatic heterocycles. The number of thiazole rings is 1. The third-order valence-electron chi connectivity index (χ3n) is 4.75. The minimum absolute atomic E-state index is 0.313. The van der Waals surface area contributed by atoms with Crippen molar-refractivity contribution in [1.29, 1.82) is 0 Å². The molecule has 0 saturated carbocycles. The van der Waals surface area contributed by atoms with Gasteiger partial charge >= 0.3 is 0 Å². The van der Waals surface area contributed by atoms with Gasteiger partial charge in [-0.25, -0.2) is 13.4 Å². The van der Waals surface area contributed by atoms with Crippen LogP contribution in [0, 0.1) is 0 Å². The van der Waals surface area contributed by atoms with Crippen molar-refractivity contribution in [3.63, 3.8) is 0 Å². The summed E-state index contributed by atoms with van der Waals surface area (Å²) in [6.45, 7) is 1.18. The molecular weight excluding hydrogens is 416 g/mol. The molecule has 154 valence electrons. The van der Waals surface area contributed by atoms with Crippen molar-refractivity contribution < 1.29 is 8.42 Å². The maximum absolute atomic E-state index is 12.8. The number of nitrogens with zero attached hydrogens (tertiary/aromatic N) is 3. The van der Waals surface area contributed by atoms with E-state index in [1.165, 1.54) is 11.3 Å². The highest BCUT2D eigenvalue weighted by molar-refractivity contribution is 7.89. The Balaban J connectivity index is 1.42. The highest BCUT2D eigenvalue weighted by atomic mass is 32.2. The van der Waals surface area contributed by atoms with Gasteiger partial charge in [-0.3, -0.25) is 5.43 Å². The molecule has 3 aromatic rings. The largest absolute Gasteiger partial charge is 0.253 e. The average Bonchev–Trinajstić information content (AvgIpc) is 3.47. The lowest BCUT2D eigenvalue weighted by atomic mass is 10.2. The van der Waals surface area contributed by atoms with E-state index in [0.717, 1.165) is 29.7 Å². The monoisotopic (exact) mass is 438 g/mol. The van der Waals surface area contributed by atoms with Gasteiger partial charge in [-0.15, -0.1) is 11.3 Å². The van der Waals surface area contributed by atoms with Crippen LogP contribution in [0.15, 0.2) is 76.1 Å². The standard InChI is InChI=1S/C22H22N4O2S2/c27-30(28,26-14-4-5-15-26)20-12-6-11-19(16-20)21-17-29-22(24-21)25-23-13-7-10-18-8-2-1-3-9-18/h1-3,6-13,16-17H,4-5,14-15H2,(H,24,25). The van der Waals surface area contributed by atoms with Gasteiger partial charge < -0.3 is 0 Å². The predicted octanol–water partition coefficient (Wildman–Crippen LogP) is 4.71. The molecule has 4 rings (SSSR count). The molecule has 0 aliphatic carbocycles. The van der Waals surface area contributed by atoms with E-state index in [-0.39, 0.29) is 0 Å². The Labute approximate surface area is 180 Å². The molecule has 0 spiro atoms. The number of sulfonamides is 1. The van der Waals surface area contributed by atoms with Crippen LogP contribution in [-0.4, -0.2) is 37.0 Å². The number of hydrogen-bond acceptors (Lipinski definition) is 6. The fourth-order valence-electron chi connectivity index (χ4n) is 3.20. The van der Waals surface area contributed by atoms with Crippen LogP contribution in [0.4, 0.5) is 5.13 Å². The molecule has 6 nitrogen and oxygen atoms in total. The van der Waals surface area contributed by atoms with E-state index in [4.69, 9.17) is 0 Å². The normalized spacial score (nSPS) is 15.3. The van der Waals surface area contributed by atoms with Gasteiger partial charge in [0, 0.05) is 30.2 Å². The lowest BCUT2D eigenvalue weighted by Gasteiger charge is -2.15. The Bertz CT molecular complexity index is 1150. The zero-order valence-electron chi connectivity index (χ0n) is 16.3. The first kappa shape index (κ1) is 20.5. The van der Waals surface area contributed by atoms with E-state index in [0.29, 0.717) is 23.1 Å². The number of allylic oxidation sites excluding steroid dienone is 1. The second-order valence-corrected chi connectivity index (χ2v) is 9.63. The van der Waals surface area contributed by atoms with Crippen molar-refractivity contribution in [3.8, 4) is 11.3 Å². The molecule has 0 unspecified atom stereocenters. The smallest absolute Gasteiger partial charge is 0.243 e. The zero-order chi connectivity index (χ0) is 20.8. The summed E-state index contributed by atoms with van der Waals surface area (Å²) in [5.41, 5.74) is 5.50. The highest BCUT2D eigenvalue weighted by Crippen LogP contribution is 2.28. The first-order valence-corrected chi connectivity index (χ1v) is 12.0. The van der Waals surface area contributed by atoms with Crippen LogP contribution in [0.1, 0.15) is 18.4 Å². The van der Waals surface area contributed by atoms with Crippen LogP contribution in [0.5, 0.6) is 0 Å². The maximum atomic E-state index is 12.8. The minimum atomic E-state index is -3.44. The first-order chi connectivity index (χ1) is 14.6. The Morgan fingerprint density at radius 2 is 1.87 bits per heavy atom. The molecule has 1 saturated heterocycles. The fourth-order valence-corrected chi connectivity index (χ4v) is 5.44. The Hall–Kier alpha value is -2.81. The van der Waals surface area contributed by atoms with Crippen molar-refractivity contribution in [2.75, 3.05) is 18.5 Å². The number of nitrogens with one attached hydrogen (secondary N) is 1. The van der Waals surface area contributed by atoms with Crippen LogP contribution in [-0.2, 0) is 10.0 Å². The predicted molar refractivity (Wildman–Crippen MR) is 123 cm³/mol. The third-order valence-corrected chi connectivity index (χ3v) is 7.39. The first-order valence-electron chi connectivity index (χ1n) is 9.70. The number of rotatable bonds is 7. The summed E-state index contributed by atoms with van der Waals surface area (Å²) >= 11 is 1.42. The topological polar surface area (TPSA) is 74.7 Å². The Morgan fingerprint density at radius 1 is 1.07 bits per heavy atom. The summed E-state index contributed by atoms with van der Waals surface area (Å²) in [7, 11) is -3.44. The molecule has 8 heteroatoms.